The average Bonchev–Trinajstić information content (AvgIpc) is 2.84. The van der Waals surface area contributed by atoms with Crippen LogP contribution in [0.3, 0.4) is 0 Å². The molecule has 1 N–H and O–H groups in total. The molecule has 0 saturated heterocycles. The van der Waals surface area contributed by atoms with Gasteiger partial charge in [0.1, 0.15) is 5.69 Å². The van der Waals surface area contributed by atoms with E-state index < -0.39 is 0 Å². The molecule has 1 amide bonds. The molecule has 0 unspecified atom stereocenters. The van der Waals surface area contributed by atoms with E-state index in [9.17, 15) is 4.79 Å². The van der Waals surface area contributed by atoms with Crippen molar-refractivity contribution in [2.24, 2.45) is 0 Å². The Labute approximate surface area is 133 Å². The second-order valence-corrected chi connectivity index (χ2v) is 5.73. The van der Waals surface area contributed by atoms with Crippen molar-refractivity contribution in [3.63, 3.8) is 0 Å². The number of nitrogens with one attached hydrogen (secondary N) is 1. The molecule has 112 valence electrons. The normalized spacial score (nSPS) is 10.9. The molecule has 5 heteroatoms. The van der Waals surface area contributed by atoms with Crippen molar-refractivity contribution in [1.29, 1.82) is 0 Å². The average molecular weight is 315 g/mol. The minimum Gasteiger partial charge on any atom is -0.356 e. The van der Waals surface area contributed by atoms with E-state index in [1.54, 1.807) is 24.3 Å². The third-order valence-electron chi connectivity index (χ3n) is 3.62. The molecule has 2 aromatic carbocycles. The van der Waals surface area contributed by atoms with Gasteiger partial charge in [0.15, 0.2) is 5.58 Å². The summed E-state index contributed by atoms with van der Waals surface area (Å²) in [7, 11) is 0. The minimum atomic E-state index is -0.143. The van der Waals surface area contributed by atoms with Gasteiger partial charge in [0.25, 0.3) is 0 Å². The molecule has 1 aromatic heterocycles. The molecule has 4 nitrogen and oxygen atoms in total. The van der Waals surface area contributed by atoms with Gasteiger partial charge in [0.2, 0.25) is 5.91 Å². The lowest BCUT2D eigenvalue weighted by Gasteiger charge is -2.04. The van der Waals surface area contributed by atoms with Crippen LogP contribution in [0, 0.1) is 13.8 Å². The number of halogens is 1. The smallest absolute Gasteiger partial charge is 0.230 e. The predicted molar refractivity (Wildman–Crippen MR) is 87.3 cm³/mol. The summed E-state index contributed by atoms with van der Waals surface area (Å²) in [5.74, 6) is -0.143. The number of nitrogens with zero attached hydrogens (tertiary/aromatic N) is 1. The van der Waals surface area contributed by atoms with Gasteiger partial charge in [0.05, 0.1) is 6.42 Å². The van der Waals surface area contributed by atoms with E-state index >= 15 is 0 Å². The Kier molecular flexibility index (Phi) is 3.86. The van der Waals surface area contributed by atoms with E-state index in [2.05, 4.69) is 10.5 Å². The predicted octanol–water partition coefficient (Wildman–Crippen LogP) is 4.28. The van der Waals surface area contributed by atoms with Crippen molar-refractivity contribution in [3.8, 4) is 0 Å². The number of hydrogen-bond acceptors (Lipinski definition) is 3. The molecule has 0 aliphatic heterocycles. The van der Waals surface area contributed by atoms with Crippen LogP contribution >= 0.6 is 11.6 Å². The third kappa shape index (κ3) is 2.97. The van der Waals surface area contributed by atoms with E-state index in [1.807, 2.05) is 26.0 Å². The van der Waals surface area contributed by atoms with Crippen LogP contribution in [0.4, 0.5) is 5.69 Å². The molecule has 0 radical (unpaired) electrons. The number of fused-ring (bicyclic) bond motifs is 1. The maximum atomic E-state index is 12.1. The molecule has 3 aromatic rings. The van der Waals surface area contributed by atoms with Gasteiger partial charge in [-0.15, -0.1) is 0 Å². The maximum absolute atomic E-state index is 12.1. The van der Waals surface area contributed by atoms with E-state index in [1.165, 1.54) is 0 Å². The van der Waals surface area contributed by atoms with Gasteiger partial charge < -0.3 is 9.84 Å². The highest BCUT2D eigenvalue weighted by atomic mass is 35.5. The number of rotatable bonds is 3. The van der Waals surface area contributed by atoms with Gasteiger partial charge in [-0.3, -0.25) is 4.79 Å². The first-order valence-electron chi connectivity index (χ1n) is 6.94. The Balaban J connectivity index is 1.79. The van der Waals surface area contributed by atoms with Crippen LogP contribution in [0.5, 0.6) is 0 Å². The topological polar surface area (TPSA) is 55.1 Å². The molecular weight excluding hydrogens is 300 g/mol. The lowest BCUT2D eigenvalue weighted by atomic mass is 10.1. The number of aromatic nitrogens is 1. The Morgan fingerprint density at radius 2 is 1.86 bits per heavy atom. The van der Waals surface area contributed by atoms with Crippen molar-refractivity contribution in [3.05, 3.63) is 58.2 Å². The van der Waals surface area contributed by atoms with Gasteiger partial charge in [-0.25, -0.2) is 0 Å². The highest BCUT2D eigenvalue weighted by Crippen LogP contribution is 2.23. The lowest BCUT2D eigenvalue weighted by molar-refractivity contribution is -0.115. The summed E-state index contributed by atoms with van der Waals surface area (Å²) in [6.07, 6.45) is 0.165. The number of amides is 1. The Morgan fingerprint density at radius 3 is 2.59 bits per heavy atom. The summed E-state index contributed by atoms with van der Waals surface area (Å²) in [5.41, 5.74) is 4.34. The lowest BCUT2D eigenvalue weighted by Crippen LogP contribution is -2.14. The third-order valence-corrected chi connectivity index (χ3v) is 3.87. The number of hydrogen-bond donors (Lipinski definition) is 1. The van der Waals surface area contributed by atoms with Crippen molar-refractivity contribution in [1.82, 2.24) is 5.16 Å². The molecule has 0 aliphatic carbocycles. The monoisotopic (exact) mass is 314 g/mol. The van der Waals surface area contributed by atoms with Gasteiger partial charge in [-0.2, -0.15) is 0 Å². The van der Waals surface area contributed by atoms with Gasteiger partial charge >= 0.3 is 0 Å². The van der Waals surface area contributed by atoms with Crippen LogP contribution in [-0.2, 0) is 11.2 Å². The molecule has 22 heavy (non-hydrogen) atoms. The zero-order valence-electron chi connectivity index (χ0n) is 12.3. The van der Waals surface area contributed by atoms with Crippen LogP contribution in [0.15, 0.2) is 40.9 Å². The van der Waals surface area contributed by atoms with Crippen LogP contribution in [0.25, 0.3) is 11.0 Å². The van der Waals surface area contributed by atoms with Crippen molar-refractivity contribution < 1.29 is 9.32 Å². The van der Waals surface area contributed by atoms with Crippen molar-refractivity contribution in [2.75, 3.05) is 5.32 Å². The molecule has 0 saturated carbocycles. The Hall–Kier alpha value is -2.33. The quantitative estimate of drug-likeness (QED) is 0.785. The molecule has 0 spiro atoms. The fraction of sp³-hybridized carbons (Fsp3) is 0.176. The van der Waals surface area contributed by atoms with E-state index in [0.29, 0.717) is 22.0 Å². The zero-order chi connectivity index (χ0) is 15.7. The highest BCUT2D eigenvalue weighted by Gasteiger charge is 2.13. The summed E-state index contributed by atoms with van der Waals surface area (Å²) < 4.78 is 5.30. The van der Waals surface area contributed by atoms with E-state index in [4.69, 9.17) is 16.1 Å². The number of carbonyl (C=O) groups is 1. The number of benzene rings is 2. The van der Waals surface area contributed by atoms with E-state index in [0.717, 1.165) is 16.5 Å². The summed E-state index contributed by atoms with van der Waals surface area (Å²) in [6, 6.07) is 10.9. The number of anilines is 1. The number of aryl methyl sites for hydroxylation is 2. The maximum Gasteiger partial charge on any atom is 0.230 e. The minimum absolute atomic E-state index is 0.143. The highest BCUT2D eigenvalue weighted by molar-refractivity contribution is 6.30. The summed E-state index contributed by atoms with van der Waals surface area (Å²) >= 11 is 5.82. The second-order valence-electron chi connectivity index (χ2n) is 5.29. The fourth-order valence-corrected chi connectivity index (χ4v) is 2.39. The van der Waals surface area contributed by atoms with Crippen LogP contribution in [0.1, 0.15) is 16.8 Å². The Bertz CT molecular complexity index is 838. The SMILES string of the molecule is Cc1cc2onc(CC(=O)Nc3ccc(Cl)cc3)c2cc1C. The first kappa shape index (κ1) is 14.6. The van der Waals surface area contributed by atoms with Crippen molar-refractivity contribution >= 4 is 34.2 Å². The van der Waals surface area contributed by atoms with Crippen molar-refractivity contribution in [2.45, 2.75) is 20.3 Å². The summed E-state index contributed by atoms with van der Waals surface area (Å²) in [4.78, 5) is 12.1. The molecule has 3 rings (SSSR count). The van der Waals surface area contributed by atoms with Gasteiger partial charge in [-0.05, 0) is 61.4 Å². The number of carbonyl (C=O) groups excluding carboxylic acids is 1. The van der Waals surface area contributed by atoms with Crippen LogP contribution in [0.2, 0.25) is 5.02 Å². The summed E-state index contributed by atoms with van der Waals surface area (Å²) in [6.45, 7) is 4.05. The molecule has 0 aliphatic rings. The van der Waals surface area contributed by atoms with E-state index in [-0.39, 0.29) is 12.3 Å². The molecule has 1 heterocycles. The standard InChI is InChI=1S/C17H15ClN2O2/c1-10-7-14-15(20-22-16(14)8-11(10)2)9-17(21)19-13-5-3-12(18)4-6-13/h3-8H,9H2,1-2H3,(H,19,21). The molecule has 0 fully saturated rings. The largest absolute Gasteiger partial charge is 0.356 e. The molecule has 0 bridgehead atoms. The Morgan fingerprint density at radius 1 is 1.18 bits per heavy atom. The molecular formula is C17H15ClN2O2. The van der Waals surface area contributed by atoms with Crippen LogP contribution in [-0.4, -0.2) is 11.1 Å². The zero-order valence-corrected chi connectivity index (χ0v) is 13.1. The fourth-order valence-electron chi connectivity index (χ4n) is 2.26. The van der Waals surface area contributed by atoms with Gasteiger partial charge in [-0.1, -0.05) is 16.8 Å². The first-order valence-corrected chi connectivity index (χ1v) is 7.31. The molecule has 0 atom stereocenters. The second kappa shape index (κ2) is 5.81. The van der Waals surface area contributed by atoms with Gasteiger partial charge in [0, 0.05) is 16.1 Å². The van der Waals surface area contributed by atoms with Crippen LogP contribution < -0.4 is 5.32 Å². The summed E-state index contributed by atoms with van der Waals surface area (Å²) in [5, 5.41) is 8.35. The first-order chi connectivity index (χ1) is 10.5.